The lowest BCUT2D eigenvalue weighted by Gasteiger charge is -2.28. The second-order valence-electron chi connectivity index (χ2n) is 7.90. The second kappa shape index (κ2) is 6.15. The van der Waals surface area contributed by atoms with Gasteiger partial charge in [-0.3, -0.25) is 0 Å². The number of ether oxygens (including phenoxy) is 1. The van der Waals surface area contributed by atoms with Gasteiger partial charge in [-0.2, -0.15) is 0 Å². The van der Waals surface area contributed by atoms with Crippen molar-refractivity contribution in [2.75, 3.05) is 0 Å². The molecular weight excluding hydrogens is 276 g/mol. The molecule has 1 N–H and O–H groups in total. The lowest BCUT2D eigenvalue weighted by Crippen LogP contribution is -2.18. The molecule has 0 heterocycles. The van der Waals surface area contributed by atoms with Gasteiger partial charge in [-0.05, 0) is 46.6 Å². The summed E-state index contributed by atoms with van der Waals surface area (Å²) in [6, 6.07) is 3.83. The van der Waals surface area contributed by atoms with Crippen molar-refractivity contribution >= 4 is 5.97 Å². The molecule has 0 bridgehead atoms. The normalized spacial score (nSPS) is 12.1. The minimum Gasteiger partial charge on any atom is -0.507 e. The summed E-state index contributed by atoms with van der Waals surface area (Å²) in [6.07, 6.45) is 0. The van der Waals surface area contributed by atoms with Crippen LogP contribution in [0, 0.1) is 0 Å². The smallest absolute Gasteiger partial charge is 0.333 e. The van der Waals surface area contributed by atoms with E-state index in [0.717, 1.165) is 16.7 Å². The van der Waals surface area contributed by atoms with Crippen molar-refractivity contribution in [2.24, 2.45) is 0 Å². The predicted octanol–water partition coefficient (Wildman–Crippen LogP) is 4.61. The Morgan fingerprint density at radius 2 is 1.50 bits per heavy atom. The Bertz CT molecular complexity index is 549. The summed E-state index contributed by atoms with van der Waals surface area (Å²) in [6.45, 7) is 17.7. The Morgan fingerprint density at radius 1 is 1.09 bits per heavy atom. The highest BCUT2D eigenvalue weighted by Gasteiger charge is 2.26. The maximum absolute atomic E-state index is 11.6. The van der Waals surface area contributed by atoms with Crippen LogP contribution in [0.1, 0.15) is 65.2 Å². The molecule has 1 aromatic rings. The van der Waals surface area contributed by atoms with Crippen LogP contribution in [0.5, 0.6) is 5.75 Å². The summed E-state index contributed by atoms with van der Waals surface area (Å²) in [5, 5.41) is 10.6. The lowest BCUT2D eigenvalue weighted by atomic mass is 9.78. The molecule has 122 valence electrons. The molecule has 0 unspecified atom stereocenters. The van der Waals surface area contributed by atoms with Crippen molar-refractivity contribution in [1.82, 2.24) is 0 Å². The molecule has 0 aliphatic carbocycles. The molecule has 0 aromatic heterocycles. The molecule has 0 amide bonds. The van der Waals surface area contributed by atoms with Gasteiger partial charge in [0.1, 0.15) is 12.4 Å². The number of carbonyl (C=O) groups is 1. The van der Waals surface area contributed by atoms with E-state index >= 15 is 0 Å². The minimum absolute atomic E-state index is 0.179. The third kappa shape index (κ3) is 4.36. The van der Waals surface area contributed by atoms with Gasteiger partial charge in [0.15, 0.2) is 0 Å². The van der Waals surface area contributed by atoms with Crippen molar-refractivity contribution < 1.29 is 14.6 Å². The summed E-state index contributed by atoms with van der Waals surface area (Å²) in [5.74, 6) is -0.0716. The predicted molar refractivity (Wildman–Crippen MR) is 90.1 cm³/mol. The van der Waals surface area contributed by atoms with Crippen LogP contribution in [0.3, 0.4) is 0 Å². The fraction of sp³-hybridized carbons (Fsp3) is 0.526. The van der Waals surface area contributed by atoms with Crippen LogP contribution >= 0.6 is 0 Å². The number of hydrogen-bond acceptors (Lipinski definition) is 3. The maximum Gasteiger partial charge on any atom is 0.333 e. The van der Waals surface area contributed by atoms with Crippen LogP contribution in [-0.2, 0) is 27.0 Å². The van der Waals surface area contributed by atoms with Gasteiger partial charge < -0.3 is 9.84 Å². The Kier molecular flexibility index (Phi) is 5.11. The highest BCUT2D eigenvalue weighted by Crippen LogP contribution is 2.39. The first-order chi connectivity index (χ1) is 9.84. The molecule has 1 rings (SSSR count). The minimum atomic E-state index is -0.400. The van der Waals surface area contributed by atoms with Crippen LogP contribution in [0.25, 0.3) is 0 Å². The van der Waals surface area contributed by atoms with E-state index in [9.17, 15) is 9.90 Å². The van der Waals surface area contributed by atoms with Gasteiger partial charge in [0.25, 0.3) is 0 Å². The van der Waals surface area contributed by atoms with Gasteiger partial charge in [-0.1, -0.05) is 48.1 Å². The molecule has 0 saturated heterocycles. The number of hydrogen-bond donors (Lipinski definition) is 1. The topological polar surface area (TPSA) is 46.5 Å². The monoisotopic (exact) mass is 304 g/mol. The fourth-order valence-corrected chi connectivity index (χ4v) is 2.19. The average Bonchev–Trinajstić information content (AvgIpc) is 2.33. The molecule has 1 aromatic carbocycles. The van der Waals surface area contributed by atoms with E-state index in [1.54, 1.807) is 6.92 Å². The third-order valence-electron chi connectivity index (χ3n) is 3.50. The van der Waals surface area contributed by atoms with Crippen LogP contribution in [0.2, 0.25) is 0 Å². The largest absolute Gasteiger partial charge is 0.507 e. The van der Waals surface area contributed by atoms with Crippen molar-refractivity contribution in [2.45, 2.75) is 65.9 Å². The summed E-state index contributed by atoms with van der Waals surface area (Å²) in [7, 11) is 0. The van der Waals surface area contributed by atoms with E-state index in [1.165, 1.54) is 0 Å². The Hall–Kier alpha value is -1.77. The standard InChI is InChI=1S/C19H28O3/c1-12(2)17(21)22-11-13-9-14(18(3,4)5)16(20)15(10-13)19(6,7)8/h9-10,20H,1,11H2,2-8H3. The first-order valence-corrected chi connectivity index (χ1v) is 7.53. The molecule has 0 aliphatic heterocycles. The molecule has 22 heavy (non-hydrogen) atoms. The van der Waals surface area contributed by atoms with E-state index in [-0.39, 0.29) is 17.4 Å². The van der Waals surface area contributed by atoms with E-state index in [4.69, 9.17) is 4.74 Å². The summed E-state index contributed by atoms with van der Waals surface area (Å²) in [5.41, 5.74) is 2.59. The van der Waals surface area contributed by atoms with Crippen molar-refractivity contribution in [3.8, 4) is 5.75 Å². The van der Waals surface area contributed by atoms with E-state index in [0.29, 0.717) is 11.3 Å². The Morgan fingerprint density at radius 3 is 1.82 bits per heavy atom. The zero-order valence-corrected chi connectivity index (χ0v) is 14.8. The quantitative estimate of drug-likeness (QED) is 0.655. The second-order valence-corrected chi connectivity index (χ2v) is 7.90. The summed E-state index contributed by atoms with van der Waals surface area (Å²) >= 11 is 0. The van der Waals surface area contributed by atoms with Gasteiger partial charge in [0.05, 0.1) is 0 Å². The number of benzene rings is 1. The average molecular weight is 304 g/mol. The molecule has 3 heteroatoms. The number of phenols is 1. The van der Waals surface area contributed by atoms with Gasteiger partial charge in [0, 0.05) is 5.57 Å². The molecule has 3 nitrogen and oxygen atoms in total. The lowest BCUT2D eigenvalue weighted by molar-refractivity contribution is -0.140. The van der Waals surface area contributed by atoms with Gasteiger partial charge >= 0.3 is 5.97 Å². The number of carbonyl (C=O) groups excluding carboxylic acids is 1. The number of esters is 1. The molecule has 0 radical (unpaired) electrons. The molecule has 0 saturated carbocycles. The maximum atomic E-state index is 11.6. The molecular formula is C19H28O3. The fourth-order valence-electron chi connectivity index (χ4n) is 2.19. The highest BCUT2D eigenvalue weighted by atomic mass is 16.5. The summed E-state index contributed by atoms with van der Waals surface area (Å²) < 4.78 is 5.24. The molecule has 0 fully saturated rings. The number of aromatic hydroxyl groups is 1. The van der Waals surface area contributed by atoms with Crippen molar-refractivity contribution in [3.05, 3.63) is 41.0 Å². The SMILES string of the molecule is C=C(C)C(=O)OCc1cc(C(C)(C)C)c(O)c(C(C)(C)C)c1. The van der Waals surface area contributed by atoms with Crippen molar-refractivity contribution in [1.29, 1.82) is 0 Å². The first-order valence-electron chi connectivity index (χ1n) is 7.53. The number of rotatable bonds is 3. The van der Waals surface area contributed by atoms with Crippen LogP contribution < -0.4 is 0 Å². The van der Waals surface area contributed by atoms with Gasteiger partial charge in [-0.25, -0.2) is 4.79 Å². The third-order valence-corrected chi connectivity index (χ3v) is 3.50. The van der Waals surface area contributed by atoms with E-state index in [2.05, 4.69) is 48.1 Å². The van der Waals surface area contributed by atoms with Gasteiger partial charge in [0.2, 0.25) is 0 Å². The number of phenolic OH excluding ortho intramolecular Hbond substituents is 1. The zero-order valence-electron chi connectivity index (χ0n) is 14.8. The Labute approximate surface area is 134 Å². The zero-order chi connectivity index (χ0) is 17.3. The molecule has 0 spiro atoms. The molecule has 0 aliphatic rings. The molecule has 0 atom stereocenters. The van der Waals surface area contributed by atoms with Gasteiger partial charge in [-0.15, -0.1) is 0 Å². The van der Waals surface area contributed by atoms with Crippen LogP contribution in [-0.4, -0.2) is 11.1 Å². The van der Waals surface area contributed by atoms with E-state index in [1.807, 2.05) is 12.1 Å². The van der Waals surface area contributed by atoms with Crippen molar-refractivity contribution in [3.63, 3.8) is 0 Å². The highest BCUT2D eigenvalue weighted by molar-refractivity contribution is 5.86. The van der Waals surface area contributed by atoms with Crippen LogP contribution in [0.4, 0.5) is 0 Å². The summed E-state index contributed by atoms with van der Waals surface area (Å²) in [4.78, 5) is 11.6. The van der Waals surface area contributed by atoms with Crippen LogP contribution in [0.15, 0.2) is 24.3 Å². The Balaban J connectivity index is 3.30. The van der Waals surface area contributed by atoms with E-state index < -0.39 is 5.97 Å². The first kappa shape index (κ1) is 18.3.